The van der Waals surface area contributed by atoms with Crippen molar-refractivity contribution in [2.75, 3.05) is 11.9 Å². The summed E-state index contributed by atoms with van der Waals surface area (Å²) in [6.45, 7) is 2.24. The molecule has 0 bridgehead atoms. The maximum absolute atomic E-state index is 13.1. The lowest BCUT2D eigenvalue weighted by atomic mass is 10.2. The second-order valence-electron chi connectivity index (χ2n) is 5.49. The minimum atomic E-state index is -0.398. The maximum Gasteiger partial charge on any atom is 0.236 e. The van der Waals surface area contributed by atoms with E-state index in [0.29, 0.717) is 12.2 Å². The smallest absolute Gasteiger partial charge is 0.236 e. The average molecular weight is 364 g/mol. The lowest BCUT2D eigenvalue weighted by molar-refractivity contribution is -0.130. The molecular formula is C17H17FN2O2S2. The van der Waals surface area contributed by atoms with Gasteiger partial charge in [-0.15, -0.1) is 23.1 Å². The molecular weight excluding hydrogens is 347 g/mol. The van der Waals surface area contributed by atoms with Crippen LogP contribution in [0.1, 0.15) is 23.6 Å². The lowest BCUT2D eigenvalue weighted by Crippen LogP contribution is -2.33. The van der Waals surface area contributed by atoms with Crippen LogP contribution in [0.3, 0.4) is 0 Å². The van der Waals surface area contributed by atoms with Crippen molar-refractivity contribution < 1.29 is 14.0 Å². The van der Waals surface area contributed by atoms with E-state index < -0.39 is 5.82 Å². The van der Waals surface area contributed by atoms with Crippen LogP contribution in [0, 0.1) is 5.82 Å². The highest BCUT2D eigenvalue weighted by atomic mass is 32.2. The Morgan fingerprint density at radius 3 is 2.88 bits per heavy atom. The first-order valence-corrected chi connectivity index (χ1v) is 9.41. The number of carbonyl (C=O) groups is 2. The Morgan fingerprint density at radius 1 is 1.33 bits per heavy atom. The van der Waals surface area contributed by atoms with Crippen LogP contribution >= 0.6 is 23.1 Å². The van der Waals surface area contributed by atoms with Crippen LogP contribution in [0.4, 0.5) is 10.1 Å². The predicted molar refractivity (Wildman–Crippen MR) is 95.5 cm³/mol. The lowest BCUT2D eigenvalue weighted by Gasteiger charge is -2.22. The summed E-state index contributed by atoms with van der Waals surface area (Å²) in [5.74, 6) is -0.578. The van der Waals surface area contributed by atoms with Crippen molar-refractivity contribution >= 4 is 40.6 Å². The van der Waals surface area contributed by atoms with Crippen molar-refractivity contribution in [3.05, 3.63) is 52.5 Å². The number of hydrogen-bond donors (Lipinski definition) is 1. The van der Waals surface area contributed by atoms with Gasteiger partial charge in [0.2, 0.25) is 11.8 Å². The van der Waals surface area contributed by atoms with Gasteiger partial charge < -0.3 is 10.2 Å². The van der Waals surface area contributed by atoms with Crippen LogP contribution < -0.4 is 5.32 Å². The summed E-state index contributed by atoms with van der Waals surface area (Å²) in [5.41, 5.74) is 0.422. The SMILES string of the molecule is CC1SC(c2cccs2)N(CCC(=O)Nc2cccc(F)c2)C1=O. The number of benzene rings is 1. The molecule has 1 aromatic heterocycles. The predicted octanol–water partition coefficient (Wildman–Crippen LogP) is 3.88. The van der Waals surface area contributed by atoms with Gasteiger partial charge in [0.15, 0.2) is 0 Å². The zero-order valence-electron chi connectivity index (χ0n) is 13.1. The molecule has 0 aliphatic carbocycles. The molecule has 126 valence electrons. The molecule has 2 amide bonds. The number of halogens is 1. The van der Waals surface area contributed by atoms with E-state index in [-0.39, 0.29) is 28.9 Å². The Labute approximate surface area is 148 Å². The van der Waals surface area contributed by atoms with E-state index in [4.69, 9.17) is 0 Å². The molecule has 0 saturated carbocycles. The molecule has 2 atom stereocenters. The summed E-state index contributed by atoms with van der Waals surface area (Å²) < 4.78 is 13.1. The summed E-state index contributed by atoms with van der Waals surface area (Å²) in [4.78, 5) is 27.3. The van der Waals surface area contributed by atoms with Crippen molar-refractivity contribution in [1.29, 1.82) is 0 Å². The summed E-state index contributed by atoms with van der Waals surface area (Å²) in [6, 6.07) is 9.73. The van der Waals surface area contributed by atoms with E-state index in [1.807, 2.05) is 24.4 Å². The zero-order valence-corrected chi connectivity index (χ0v) is 14.7. The van der Waals surface area contributed by atoms with Crippen LogP contribution in [0.25, 0.3) is 0 Å². The molecule has 1 fully saturated rings. The topological polar surface area (TPSA) is 49.4 Å². The van der Waals surface area contributed by atoms with E-state index in [0.717, 1.165) is 4.88 Å². The van der Waals surface area contributed by atoms with Crippen molar-refractivity contribution in [3.8, 4) is 0 Å². The number of hydrogen-bond acceptors (Lipinski definition) is 4. The molecule has 4 nitrogen and oxygen atoms in total. The molecule has 2 aromatic rings. The molecule has 3 rings (SSSR count). The molecule has 1 saturated heterocycles. The highest BCUT2D eigenvalue weighted by molar-refractivity contribution is 8.01. The number of amides is 2. The molecule has 2 heterocycles. The van der Waals surface area contributed by atoms with Gasteiger partial charge in [-0.05, 0) is 36.6 Å². The fraction of sp³-hybridized carbons (Fsp3) is 0.294. The maximum atomic E-state index is 13.1. The van der Waals surface area contributed by atoms with E-state index >= 15 is 0 Å². The molecule has 1 aromatic carbocycles. The Kier molecular flexibility index (Phi) is 5.20. The molecule has 2 unspecified atom stereocenters. The molecule has 1 aliphatic heterocycles. The third-order valence-electron chi connectivity index (χ3n) is 3.72. The Balaban J connectivity index is 1.61. The van der Waals surface area contributed by atoms with E-state index in [1.54, 1.807) is 40.1 Å². The minimum absolute atomic E-state index is 0.0329. The van der Waals surface area contributed by atoms with Gasteiger partial charge in [-0.2, -0.15) is 0 Å². The van der Waals surface area contributed by atoms with Gasteiger partial charge >= 0.3 is 0 Å². The Morgan fingerprint density at radius 2 is 2.17 bits per heavy atom. The fourth-order valence-electron chi connectivity index (χ4n) is 2.57. The van der Waals surface area contributed by atoms with Crippen LogP contribution in [-0.2, 0) is 9.59 Å². The average Bonchev–Trinajstić information content (AvgIpc) is 3.15. The van der Waals surface area contributed by atoms with Crippen LogP contribution in [0.15, 0.2) is 41.8 Å². The fourth-order valence-corrected chi connectivity index (χ4v) is 4.82. The third-order valence-corrected chi connectivity index (χ3v) is 6.17. The molecule has 24 heavy (non-hydrogen) atoms. The summed E-state index contributed by atoms with van der Waals surface area (Å²) in [5, 5.41) is 4.50. The van der Waals surface area contributed by atoms with E-state index in [2.05, 4.69) is 5.32 Å². The van der Waals surface area contributed by atoms with Crippen LogP contribution in [0.5, 0.6) is 0 Å². The second kappa shape index (κ2) is 7.36. The first kappa shape index (κ1) is 17.0. The quantitative estimate of drug-likeness (QED) is 0.876. The first-order chi connectivity index (χ1) is 11.5. The largest absolute Gasteiger partial charge is 0.326 e. The van der Waals surface area contributed by atoms with Crippen molar-refractivity contribution in [2.45, 2.75) is 24.0 Å². The number of thioether (sulfide) groups is 1. The number of rotatable bonds is 5. The number of carbonyl (C=O) groups excluding carboxylic acids is 2. The molecule has 7 heteroatoms. The molecule has 0 radical (unpaired) electrons. The number of anilines is 1. The summed E-state index contributed by atoms with van der Waals surface area (Å²) >= 11 is 3.21. The highest BCUT2D eigenvalue weighted by Crippen LogP contribution is 2.44. The normalized spacial score (nSPS) is 20.4. The molecule has 1 aliphatic rings. The zero-order chi connectivity index (χ0) is 17.1. The summed E-state index contributed by atoms with van der Waals surface area (Å²) in [6.07, 6.45) is 0.178. The Bertz CT molecular complexity index is 736. The van der Waals surface area contributed by atoms with Crippen LogP contribution in [-0.4, -0.2) is 28.5 Å². The van der Waals surface area contributed by atoms with Gasteiger partial charge in [0.25, 0.3) is 0 Å². The summed E-state index contributed by atoms with van der Waals surface area (Å²) in [7, 11) is 0. The van der Waals surface area contributed by atoms with Gasteiger partial charge in [-0.25, -0.2) is 4.39 Å². The second-order valence-corrected chi connectivity index (χ2v) is 7.89. The van der Waals surface area contributed by atoms with Crippen molar-refractivity contribution in [1.82, 2.24) is 4.90 Å². The number of thiophene rings is 1. The monoisotopic (exact) mass is 364 g/mol. The van der Waals surface area contributed by atoms with E-state index in [9.17, 15) is 14.0 Å². The van der Waals surface area contributed by atoms with Gasteiger partial charge in [-0.3, -0.25) is 9.59 Å². The minimum Gasteiger partial charge on any atom is -0.326 e. The van der Waals surface area contributed by atoms with Gasteiger partial charge in [-0.1, -0.05) is 12.1 Å². The number of nitrogens with zero attached hydrogens (tertiary/aromatic N) is 1. The van der Waals surface area contributed by atoms with E-state index in [1.165, 1.54) is 12.1 Å². The van der Waals surface area contributed by atoms with Crippen molar-refractivity contribution in [2.24, 2.45) is 0 Å². The van der Waals surface area contributed by atoms with Gasteiger partial charge in [0.05, 0.1) is 5.25 Å². The third kappa shape index (κ3) is 3.79. The van der Waals surface area contributed by atoms with Crippen molar-refractivity contribution in [3.63, 3.8) is 0 Å². The molecule has 1 N–H and O–H groups in total. The Hall–Kier alpha value is -1.86. The van der Waals surface area contributed by atoms with Crippen LogP contribution in [0.2, 0.25) is 0 Å². The molecule has 0 spiro atoms. The van der Waals surface area contributed by atoms with Gasteiger partial charge in [0.1, 0.15) is 11.2 Å². The van der Waals surface area contributed by atoms with Gasteiger partial charge in [0, 0.05) is 23.5 Å². The first-order valence-electron chi connectivity index (χ1n) is 7.59. The highest BCUT2D eigenvalue weighted by Gasteiger charge is 2.38. The number of nitrogens with one attached hydrogen (secondary N) is 1. The standard InChI is InChI=1S/C17H17FN2O2S2/c1-11-16(22)20(17(24-11)14-6-3-9-23-14)8-7-15(21)19-13-5-2-4-12(18)10-13/h2-6,9-11,17H,7-8H2,1H3,(H,19,21).